The highest BCUT2D eigenvalue weighted by Gasteiger charge is 2.37. The van der Waals surface area contributed by atoms with E-state index in [9.17, 15) is 5.11 Å². The second-order valence-electron chi connectivity index (χ2n) is 5.77. The normalized spacial score (nSPS) is 25.2. The van der Waals surface area contributed by atoms with Crippen LogP contribution in [-0.4, -0.2) is 16.6 Å². The van der Waals surface area contributed by atoms with Crippen LogP contribution in [0.25, 0.3) is 0 Å². The molecule has 3 atom stereocenters. The summed E-state index contributed by atoms with van der Waals surface area (Å²) >= 11 is 0. The zero-order chi connectivity index (χ0) is 14.7. The molecule has 3 heteroatoms. The molecule has 2 heterocycles. The largest absolute Gasteiger partial charge is 0.385 e. The number of nitrogens with one attached hydrogen (secondary N) is 1. The topological polar surface area (TPSA) is 45.1 Å². The van der Waals surface area contributed by atoms with E-state index >= 15 is 0 Å². The van der Waals surface area contributed by atoms with Crippen molar-refractivity contribution in [3.05, 3.63) is 72.9 Å². The van der Waals surface area contributed by atoms with Gasteiger partial charge in [-0.3, -0.25) is 4.98 Å². The zero-order valence-electron chi connectivity index (χ0n) is 12.1. The van der Waals surface area contributed by atoms with Crippen molar-refractivity contribution in [3.63, 3.8) is 0 Å². The van der Waals surface area contributed by atoms with Crippen LogP contribution in [-0.2, 0) is 5.60 Å². The standard InChI is InChI=1S/C18H21N2O/c1-18(21,14-7-3-2-4-8-14)15-10-12-20-17(13-15)16-9-5-6-11-19-16/h2-9,11,15,17,20-21H,1,10,12-13H2. The molecular weight excluding hydrogens is 260 g/mol. The van der Waals surface area contributed by atoms with Crippen LogP contribution in [0, 0.1) is 12.8 Å². The highest BCUT2D eigenvalue weighted by Crippen LogP contribution is 2.38. The quantitative estimate of drug-likeness (QED) is 0.909. The van der Waals surface area contributed by atoms with Crippen molar-refractivity contribution >= 4 is 0 Å². The lowest BCUT2D eigenvalue weighted by Gasteiger charge is -2.39. The fourth-order valence-electron chi connectivity index (χ4n) is 3.12. The Labute approximate surface area is 126 Å². The van der Waals surface area contributed by atoms with E-state index in [0.717, 1.165) is 30.6 Å². The molecule has 1 aliphatic heterocycles. The fraction of sp³-hybridized carbons (Fsp3) is 0.333. The van der Waals surface area contributed by atoms with Gasteiger partial charge in [0.1, 0.15) is 0 Å². The van der Waals surface area contributed by atoms with Gasteiger partial charge in [-0.15, -0.1) is 0 Å². The summed E-state index contributed by atoms with van der Waals surface area (Å²) < 4.78 is 0. The summed E-state index contributed by atoms with van der Waals surface area (Å²) in [7, 11) is 0. The third kappa shape index (κ3) is 2.99. The summed E-state index contributed by atoms with van der Waals surface area (Å²) in [6, 6.07) is 15.9. The van der Waals surface area contributed by atoms with Crippen molar-refractivity contribution in [3.8, 4) is 0 Å². The molecule has 0 bridgehead atoms. The monoisotopic (exact) mass is 281 g/mol. The first-order valence-corrected chi connectivity index (χ1v) is 7.45. The minimum atomic E-state index is -1.05. The summed E-state index contributed by atoms with van der Waals surface area (Å²) in [6.45, 7) is 4.97. The van der Waals surface area contributed by atoms with E-state index < -0.39 is 5.60 Å². The van der Waals surface area contributed by atoms with Crippen molar-refractivity contribution < 1.29 is 5.11 Å². The highest BCUT2D eigenvalue weighted by molar-refractivity contribution is 5.25. The molecule has 0 amide bonds. The van der Waals surface area contributed by atoms with Gasteiger partial charge in [0.25, 0.3) is 0 Å². The predicted octanol–water partition coefficient (Wildman–Crippen LogP) is 2.84. The smallest absolute Gasteiger partial charge is 0.0926 e. The molecule has 0 spiro atoms. The molecule has 109 valence electrons. The van der Waals surface area contributed by atoms with Crippen LogP contribution >= 0.6 is 0 Å². The molecule has 0 saturated carbocycles. The summed E-state index contributed by atoms with van der Waals surface area (Å²) in [5.74, 6) is 0.119. The molecule has 21 heavy (non-hydrogen) atoms. The van der Waals surface area contributed by atoms with E-state index in [0.29, 0.717) is 0 Å². The average Bonchev–Trinajstić information content (AvgIpc) is 2.57. The Kier molecular flexibility index (Phi) is 4.04. The molecule has 1 radical (unpaired) electrons. The minimum absolute atomic E-state index is 0.119. The highest BCUT2D eigenvalue weighted by atomic mass is 16.3. The number of hydrogen-bond acceptors (Lipinski definition) is 3. The van der Waals surface area contributed by atoms with Crippen LogP contribution < -0.4 is 5.32 Å². The Balaban J connectivity index is 1.80. The number of pyridine rings is 1. The van der Waals surface area contributed by atoms with Crippen molar-refractivity contribution in [2.75, 3.05) is 6.54 Å². The van der Waals surface area contributed by atoms with Crippen LogP contribution in [0.3, 0.4) is 0 Å². The van der Waals surface area contributed by atoms with Gasteiger partial charge in [-0.25, -0.2) is 0 Å². The van der Waals surface area contributed by atoms with Gasteiger partial charge in [0.2, 0.25) is 0 Å². The minimum Gasteiger partial charge on any atom is -0.385 e. The number of piperidine rings is 1. The third-order valence-corrected chi connectivity index (χ3v) is 4.40. The molecule has 3 rings (SSSR count). The molecular formula is C18H21N2O. The van der Waals surface area contributed by atoms with Gasteiger partial charge < -0.3 is 10.4 Å². The zero-order valence-corrected chi connectivity index (χ0v) is 12.1. The second-order valence-corrected chi connectivity index (χ2v) is 5.77. The maximum absolute atomic E-state index is 10.9. The molecule has 0 aliphatic carbocycles. The lowest BCUT2D eigenvalue weighted by molar-refractivity contribution is -0.00108. The lowest BCUT2D eigenvalue weighted by Crippen LogP contribution is -2.41. The molecule has 1 fully saturated rings. The molecule has 2 N–H and O–H groups in total. The first-order chi connectivity index (χ1) is 10.2. The molecule has 2 aromatic rings. The number of benzene rings is 1. The summed E-state index contributed by atoms with van der Waals surface area (Å²) in [5, 5.41) is 14.4. The van der Waals surface area contributed by atoms with E-state index in [1.165, 1.54) is 0 Å². The Bertz CT molecular complexity index is 568. The van der Waals surface area contributed by atoms with Crippen molar-refractivity contribution in [2.24, 2.45) is 5.92 Å². The maximum Gasteiger partial charge on any atom is 0.0926 e. The maximum atomic E-state index is 10.9. The van der Waals surface area contributed by atoms with Gasteiger partial charge >= 0.3 is 0 Å². The van der Waals surface area contributed by atoms with E-state index in [4.69, 9.17) is 0 Å². The van der Waals surface area contributed by atoms with Crippen molar-refractivity contribution in [1.29, 1.82) is 0 Å². The first kappa shape index (κ1) is 14.2. The van der Waals surface area contributed by atoms with E-state index in [1.54, 1.807) is 0 Å². The summed E-state index contributed by atoms with van der Waals surface area (Å²) in [5.41, 5.74) is 0.874. The number of aromatic nitrogens is 1. The van der Waals surface area contributed by atoms with Crippen LogP contribution in [0.5, 0.6) is 0 Å². The van der Waals surface area contributed by atoms with Gasteiger partial charge in [0, 0.05) is 12.2 Å². The third-order valence-electron chi connectivity index (χ3n) is 4.40. The summed E-state index contributed by atoms with van der Waals surface area (Å²) in [6.07, 6.45) is 3.57. The van der Waals surface area contributed by atoms with Gasteiger partial charge in [0.05, 0.1) is 11.3 Å². The Morgan fingerprint density at radius 1 is 1.14 bits per heavy atom. The summed E-state index contributed by atoms with van der Waals surface area (Å²) in [4.78, 5) is 4.43. The van der Waals surface area contributed by atoms with E-state index in [-0.39, 0.29) is 12.0 Å². The van der Waals surface area contributed by atoms with Gasteiger partial charge in [-0.1, -0.05) is 36.4 Å². The molecule has 1 aromatic carbocycles. The van der Waals surface area contributed by atoms with Crippen LogP contribution in [0.2, 0.25) is 0 Å². The average molecular weight is 281 g/mol. The molecule has 1 aliphatic rings. The SMILES string of the molecule is [CH2]C(O)(c1ccccc1)C1CCNC(c2ccccn2)C1. The van der Waals surface area contributed by atoms with Crippen LogP contribution in [0.4, 0.5) is 0 Å². The van der Waals surface area contributed by atoms with Crippen molar-refractivity contribution in [1.82, 2.24) is 10.3 Å². The van der Waals surface area contributed by atoms with E-state index in [2.05, 4.69) is 17.2 Å². The van der Waals surface area contributed by atoms with Crippen LogP contribution in [0.1, 0.15) is 30.1 Å². The number of aliphatic hydroxyl groups is 1. The fourth-order valence-corrected chi connectivity index (χ4v) is 3.12. The Hall–Kier alpha value is -1.71. The van der Waals surface area contributed by atoms with E-state index in [1.807, 2.05) is 54.7 Å². The number of nitrogens with zero attached hydrogens (tertiary/aromatic N) is 1. The van der Waals surface area contributed by atoms with Gasteiger partial charge in [-0.2, -0.15) is 0 Å². The molecule has 1 aromatic heterocycles. The van der Waals surface area contributed by atoms with Crippen molar-refractivity contribution in [2.45, 2.75) is 24.5 Å². The second kappa shape index (κ2) is 5.96. The van der Waals surface area contributed by atoms with Gasteiger partial charge in [0.15, 0.2) is 0 Å². The Morgan fingerprint density at radius 3 is 2.62 bits per heavy atom. The first-order valence-electron chi connectivity index (χ1n) is 7.45. The van der Waals surface area contributed by atoms with Gasteiger partial charge in [-0.05, 0) is 49.9 Å². The molecule has 3 unspecified atom stereocenters. The lowest BCUT2D eigenvalue weighted by atomic mass is 9.75. The molecule has 1 saturated heterocycles. The number of hydrogen-bond donors (Lipinski definition) is 2. The Morgan fingerprint density at radius 2 is 1.90 bits per heavy atom. The number of rotatable bonds is 3. The predicted molar refractivity (Wildman–Crippen MR) is 83.4 cm³/mol. The van der Waals surface area contributed by atoms with Crippen LogP contribution in [0.15, 0.2) is 54.7 Å². The molecule has 3 nitrogen and oxygen atoms in total.